The molecule has 0 radical (unpaired) electrons. The van der Waals surface area contributed by atoms with E-state index in [0.717, 1.165) is 31.7 Å². The molecule has 2 N–H and O–H groups in total. The van der Waals surface area contributed by atoms with Crippen LogP contribution >= 0.6 is 0 Å². The molecular weight excluding hydrogens is 253 g/mol. The average molecular weight is 269 g/mol. The van der Waals surface area contributed by atoms with Crippen molar-refractivity contribution < 1.29 is 8.60 Å². The fraction of sp³-hybridized carbons (Fsp3) is 0.500. The molecule has 1 spiro atoms. The Bertz CT molecular complexity index is 453. The first-order valence-electron chi connectivity index (χ1n) is 6.02. The van der Waals surface area contributed by atoms with Crippen molar-refractivity contribution in [3.8, 4) is 0 Å². The average Bonchev–Trinajstić information content (AvgIpc) is 2.24. The molecule has 2 fully saturated rings. The fourth-order valence-electron chi connectivity index (χ4n) is 2.36. The summed E-state index contributed by atoms with van der Waals surface area (Å²) in [6, 6.07) is 6.23. The molecule has 0 aromatic heterocycles. The topological polar surface area (TPSA) is 44.4 Å². The van der Waals surface area contributed by atoms with E-state index in [1.54, 1.807) is 12.1 Å². The smallest absolute Gasteiger partial charge is 0.170 e. The maximum absolute atomic E-state index is 12.7. The van der Waals surface area contributed by atoms with Crippen molar-refractivity contribution in [2.45, 2.75) is 6.54 Å². The van der Waals surface area contributed by atoms with Gasteiger partial charge < -0.3 is 5.32 Å². The van der Waals surface area contributed by atoms with Gasteiger partial charge in [0.15, 0.2) is 11.2 Å². The summed E-state index contributed by atoms with van der Waals surface area (Å²) in [5.74, 6) is -0.248. The monoisotopic (exact) mass is 269 g/mol. The second-order valence-electron chi connectivity index (χ2n) is 5.10. The third kappa shape index (κ3) is 2.33. The predicted octanol–water partition coefficient (Wildman–Crippen LogP) is 0.399. The van der Waals surface area contributed by atoms with E-state index >= 15 is 0 Å². The Morgan fingerprint density at radius 1 is 1.33 bits per heavy atom. The van der Waals surface area contributed by atoms with Crippen molar-refractivity contribution in [2.75, 3.05) is 26.2 Å². The molecule has 1 unspecified atom stereocenters. The first-order valence-corrected chi connectivity index (χ1v) is 7.13. The SMILES string of the molecule is O=S(NCc1ccc(F)cc1)N1CC2(CNC2)C1. The van der Waals surface area contributed by atoms with Gasteiger partial charge in [-0.1, -0.05) is 12.1 Å². The van der Waals surface area contributed by atoms with E-state index < -0.39 is 11.2 Å². The quantitative estimate of drug-likeness (QED) is 0.831. The predicted molar refractivity (Wildman–Crippen MR) is 68.3 cm³/mol. The van der Waals surface area contributed by atoms with Crippen LogP contribution in [0.4, 0.5) is 4.39 Å². The minimum absolute atomic E-state index is 0.248. The van der Waals surface area contributed by atoms with Crippen LogP contribution in [-0.4, -0.2) is 34.7 Å². The lowest BCUT2D eigenvalue weighted by molar-refractivity contribution is 0.0192. The van der Waals surface area contributed by atoms with Gasteiger partial charge in [-0.15, -0.1) is 0 Å². The molecule has 2 heterocycles. The Hall–Kier alpha value is -0.820. The standard InChI is InChI=1S/C12H16FN3OS/c13-11-3-1-10(2-4-11)5-15-18(17)16-8-12(9-16)6-14-7-12/h1-4,14-15H,5-9H2. The molecule has 2 saturated heterocycles. The van der Waals surface area contributed by atoms with E-state index in [1.807, 2.05) is 4.31 Å². The van der Waals surface area contributed by atoms with Crippen LogP contribution in [0.15, 0.2) is 24.3 Å². The van der Waals surface area contributed by atoms with E-state index in [-0.39, 0.29) is 5.82 Å². The van der Waals surface area contributed by atoms with Crippen molar-refractivity contribution in [3.05, 3.63) is 35.6 Å². The molecule has 0 saturated carbocycles. The molecule has 3 rings (SSSR count). The molecule has 6 heteroatoms. The van der Waals surface area contributed by atoms with Crippen LogP contribution in [0.3, 0.4) is 0 Å². The van der Waals surface area contributed by atoms with Crippen molar-refractivity contribution in [3.63, 3.8) is 0 Å². The lowest BCUT2D eigenvalue weighted by atomic mass is 9.76. The minimum Gasteiger partial charge on any atom is -0.315 e. The summed E-state index contributed by atoms with van der Waals surface area (Å²) in [7, 11) is 0. The number of benzene rings is 1. The van der Waals surface area contributed by atoms with Crippen molar-refractivity contribution in [1.82, 2.24) is 14.3 Å². The molecule has 1 aromatic carbocycles. The second-order valence-corrected chi connectivity index (χ2v) is 6.40. The molecule has 1 atom stereocenters. The van der Waals surface area contributed by atoms with Gasteiger partial charge in [-0.25, -0.2) is 17.6 Å². The summed E-state index contributed by atoms with van der Waals surface area (Å²) in [6.45, 7) is 4.36. The Labute approximate surface area is 108 Å². The molecule has 0 bridgehead atoms. The highest BCUT2D eigenvalue weighted by Crippen LogP contribution is 2.34. The van der Waals surface area contributed by atoms with Gasteiger partial charge in [0.05, 0.1) is 0 Å². The first-order chi connectivity index (χ1) is 8.67. The summed E-state index contributed by atoms with van der Waals surface area (Å²) in [4.78, 5) is 0. The van der Waals surface area contributed by atoms with Gasteiger partial charge in [-0.2, -0.15) is 0 Å². The number of rotatable bonds is 4. The minimum atomic E-state index is -1.14. The molecule has 2 aliphatic heterocycles. The lowest BCUT2D eigenvalue weighted by Gasteiger charge is -2.54. The number of hydrogen-bond acceptors (Lipinski definition) is 2. The van der Waals surface area contributed by atoms with Gasteiger partial charge >= 0.3 is 0 Å². The van der Waals surface area contributed by atoms with Gasteiger partial charge in [0.2, 0.25) is 0 Å². The van der Waals surface area contributed by atoms with E-state index in [9.17, 15) is 8.60 Å². The van der Waals surface area contributed by atoms with Crippen LogP contribution in [0.2, 0.25) is 0 Å². The molecule has 4 nitrogen and oxygen atoms in total. The molecular formula is C12H16FN3OS. The Morgan fingerprint density at radius 2 is 2.00 bits per heavy atom. The summed E-state index contributed by atoms with van der Waals surface area (Å²) in [6.07, 6.45) is 0. The van der Waals surface area contributed by atoms with Crippen molar-refractivity contribution in [1.29, 1.82) is 0 Å². The first kappa shape index (κ1) is 12.2. The number of hydrogen-bond donors (Lipinski definition) is 2. The van der Waals surface area contributed by atoms with Gasteiger partial charge in [0.25, 0.3) is 0 Å². The lowest BCUT2D eigenvalue weighted by Crippen LogP contribution is -2.71. The second kappa shape index (κ2) is 4.70. The third-order valence-corrected chi connectivity index (χ3v) is 4.69. The number of halogens is 1. The zero-order valence-corrected chi connectivity index (χ0v) is 10.8. The van der Waals surface area contributed by atoms with Gasteiger partial charge in [-0.05, 0) is 17.7 Å². The maximum Gasteiger partial charge on any atom is 0.170 e. The molecule has 0 amide bonds. The summed E-state index contributed by atoms with van der Waals surface area (Å²) >= 11 is -1.14. The van der Waals surface area contributed by atoms with Gasteiger partial charge in [0, 0.05) is 38.1 Å². The van der Waals surface area contributed by atoms with Crippen LogP contribution < -0.4 is 10.0 Å². The molecule has 18 heavy (non-hydrogen) atoms. The Kier molecular flexibility index (Phi) is 3.19. The van der Waals surface area contributed by atoms with Crippen molar-refractivity contribution >= 4 is 11.2 Å². The summed E-state index contributed by atoms with van der Waals surface area (Å²) in [5.41, 5.74) is 1.32. The van der Waals surface area contributed by atoms with E-state index in [2.05, 4.69) is 10.0 Å². The third-order valence-electron chi connectivity index (χ3n) is 3.57. The largest absolute Gasteiger partial charge is 0.315 e. The highest BCUT2D eigenvalue weighted by Gasteiger charge is 2.49. The molecule has 0 aliphatic carbocycles. The van der Waals surface area contributed by atoms with Crippen LogP contribution in [0.5, 0.6) is 0 Å². The highest BCUT2D eigenvalue weighted by atomic mass is 32.2. The summed E-state index contributed by atoms with van der Waals surface area (Å²) < 4.78 is 29.5. The molecule has 2 aliphatic rings. The number of nitrogens with zero attached hydrogens (tertiary/aromatic N) is 1. The Balaban J connectivity index is 1.46. The van der Waals surface area contributed by atoms with E-state index in [0.29, 0.717) is 12.0 Å². The molecule has 98 valence electrons. The highest BCUT2D eigenvalue weighted by molar-refractivity contribution is 7.80. The van der Waals surface area contributed by atoms with Gasteiger partial charge in [0.1, 0.15) is 5.82 Å². The summed E-state index contributed by atoms with van der Waals surface area (Å²) in [5, 5.41) is 3.24. The van der Waals surface area contributed by atoms with Crippen molar-refractivity contribution in [2.24, 2.45) is 5.41 Å². The zero-order chi connectivity index (χ0) is 12.6. The van der Waals surface area contributed by atoms with E-state index in [4.69, 9.17) is 0 Å². The fourth-order valence-corrected chi connectivity index (χ4v) is 3.61. The Morgan fingerprint density at radius 3 is 2.56 bits per heavy atom. The maximum atomic E-state index is 12.7. The zero-order valence-electron chi connectivity index (χ0n) is 9.99. The van der Waals surface area contributed by atoms with Crippen LogP contribution in [0, 0.1) is 11.2 Å². The molecule has 1 aromatic rings. The van der Waals surface area contributed by atoms with Crippen LogP contribution in [-0.2, 0) is 17.7 Å². The van der Waals surface area contributed by atoms with Gasteiger partial charge in [-0.3, -0.25) is 0 Å². The normalized spacial score (nSPS) is 23.4. The number of nitrogens with one attached hydrogen (secondary N) is 2. The van der Waals surface area contributed by atoms with Crippen LogP contribution in [0.1, 0.15) is 5.56 Å². The van der Waals surface area contributed by atoms with Crippen LogP contribution in [0.25, 0.3) is 0 Å². The van der Waals surface area contributed by atoms with E-state index in [1.165, 1.54) is 12.1 Å².